The lowest BCUT2D eigenvalue weighted by molar-refractivity contribution is -0.121. The average Bonchev–Trinajstić information content (AvgIpc) is 2.76. The summed E-state index contributed by atoms with van der Waals surface area (Å²) in [7, 11) is 0. The highest BCUT2D eigenvalue weighted by molar-refractivity contribution is 5.75. The molecule has 0 saturated heterocycles. The maximum Gasteiger partial charge on any atom is 0.220 e. The Morgan fingerprint density at radius 3 is 1.71 bits per heavy atom. The van der Waals surface area contributed by atoms with Crippen LogP contribution < -0.4 is 5.32 Å². The first-order valence-electron chi connectivity index (χ1n) is 13.0. The number of unbranched alkanes of at least 4 members (excludes halogenated alkanes) is 14. The molecule has 0 heterocycles. The second-order valence-corrected chi connectivity index (χ2v) is 8.91. The average molecular weight is 445 g/mol. The van der Waals surface area contributed by atoms with Crippen molar-refractivity contribution in [3.05, 3.63) is 0 Å². The van der Waals surface area contributed by atoms with Gasteiger partial charge < -0.3 is 20.6 Å². The van der Waals surface area contributed by atoms with E-state index in [1.165, 1.54) is 83.5 Å². The number of aliphatic hydroxyl groups excluding tert-OH is 3. The molecule has 4 N–H and O–H groups in total. The molecule has 1 amide bonds. The van der Waals surface area contributed by atoms with E-state index in [0.717, 1.165) is 12.8 Å². The van der Waals surface area contributed by atoms with E-state index < -0.39 is 6.10 Å². The van der Waals surface area contributed by atoms with Gasteiger partial charge in [-0.2, -0.15) is 0 Å². The molecule has 0 aromatic heterocycles. The smallest absolute Gasteiger partial charge is 0.220 e. The molecule has 31 heavy (non-hydrogen) atoms. The molecule has 0 saturated carbocycles. The zero-order valence-electron chi connectivity index (χ0n) is 20.3. The second kappa shape index (κ2) is 24.0. The van der Waals surface area contributed by atoms with Gasteiger partial charge in [-0.3, -0.25) is 9.69 Å². The van der Waals surface area contributed by atoms with Crippen LogP contribution in [0.5, 0.6) is 0 Å². The van der Waals surface area contributed by atoms with Crippen LogP contribution in [0.15, 0.2) is 0 Å². The third-order valence-electron chi connectivity index (χ3n) is 5.85. The predicted octanol–water partition coefficient (Wildman–Crippen LogP) is 4.01. The van der Waals surface area contributed by atoms with Gasteiger partial charge in [-0.05, 0) is 6.42 Å². The van der Waals surface area contributed by atoms with E-state index in [4.69, 9.17) is 10.2 Å². The quantitative estimate of drug-likeness (QED) is 0.169. The summed E-state index contributed by atoms with van der Waals surface area (Å²) in [6.07, 6.45) is 19.5. The molecule has 1 unspecified atom stereocenters. The van der Waals surface area contributed by atoms with Gasteiger partial charge >= 0.3 is 0 Å². The van der Waals surface area contributed by atoms with Crippen LogP contribution in [0, 0.1) is 0 Å². The van der Waals surface area contributed by atoms with Gasteiger partial charge in [0, 0.05) is 32.6 Å². The summed E-state index contributed by atoms with van der Waals surface area (Å²) >= 11 is 0. The monoisotopic (exact) mass is 444 g/mol. The minimum atomic E-state index is -0.817. The highest BCUT2D eigenvalue weighted by atomic mass is 16.3. The number of hydrogen-bond acceptors (Lipinski definition) is 5. The van der Waals surface area contributed by atoms with Crippen molar-refractivity contribution >= 4 is 5.91 Å². The number of rotatable bonds is 24. The molecule has 0 aliphatic rings. The van der Waals surface area contributed by atoms with E-state index in [1.54, 1.807) is 0 Å². The third kappa shape index (κ3) is 22.3. The van der Waals surface area contributed by atoms with Gasteiger partial charge in [0.1, 0.15) is 0 Å². The molecule has 0 aliphatic carbocycles. The first-order chi connectivity index (χ1) is 15.1. The molecule has 1 atom stereocenters. The number of carbonyl (C=O) groups is 1. The summed E-state index contributed by atoms with van der Waals surface area (Å²) < 4.78 is 0. The topological polar surface area (TPSA) is 93.0 Å². The van der Waals surface area contributed by atoms with E-state index in [1.807, 2.05) is 4.90 Å². The molecule has 0 aromatic carbocycles. The van der Waals surface area contributed by atoms with E-state index in [2.05, 4.69) is 12.2 Å². The molecular weight excluding hydrogens is 392 g/mol. The Bertz CT molecular complexity index is 383. The lowest BCUT2D eigenvalue weighted by Crippen LogP contribution is -2.41. The highest BCUT2D eigenvalue weighted by Crippen LogP contribution is 2.13. The number of carbonyl (C=O) groups excluding carboxylic acids is 1. The standard InChI is InChI=1S/C25H52N2O4/c1-2-3-4-5-6-7-8-9-10-11-12-13-14-15-16-17-25(31)26-18-19-27(20-21-28)22-24(30)23-29/h24,28-30H,2-23H2,1H3,(H,26,31). The maximum atomic E-state index is 11.9. The van der Waals surface area contributed by atoms with Gasteiger partial charge in [0.15, 0.2) is 0 Å². The number of hydrogen-bond donors (Lipinski definition) is 4. The lowest BCUT2D eigenvalue weighted by atomic mass is 10.0. The van der Waals surface area contributed by atoms with Crippen molar-refractivity contribution in [2.45, 2.75) is 116 Å². The summed E-state index contributed by atoms with van der Waals surface area (Å²) in [5.41, 5.74) is 0. The molecule has 0 bridgehead atoms. The fourth-order valence-electron chi connectivity index (χ4n) is 3.89. The van der Waals surface area contributed by atoms with E-state index >= 15 is 0 Å². The van der Waals surface area contributed by atoms with Gasteiger partial charge in [0.05, 0.1) is 19.3 Å². The van der Waals surface area contributed by atoms with Crippen LogP contribution in [0.2, 0.25) is 0 Å². The summed E-state index contributed by atoms with van der Waals surface area (Å²) in [5.74, 6) is 0.0707. The minimum Gasteiger partial charge on any atom is -0.395 e. The van der Waals surface area contributed by atoms with Crippen molar-refractivity contribution in [2.75, 3.05) is 39.4 Å². The van der Waals surface area contributed by atoms with Crippen molar-refractivity contribution in [3.8, 4) is 0 Å². The predicted molar refractivity (Wildman–Crippen MR) is 129 cm³/mol. The van der Waals surface area contributed by atoms with Gasteiger partial charge in [-0.15, -0.1) is 0 Å². The Hall–Kier alpha value is -0.690. The van der Waals surface area contributed by atoms with Crippen molar-refractivity contribution in [1.29, 1.82) is 0 Å². The Morgan fingerprint density at radius 2 is 1.26 bits per heavy atom. The molecule has 0 aliphatic heterocycles. The molecule has 6 heteroatoms. The van der Waals surface area contributed by atoms with Crippen LogP contribution in [0.1, 0.15) is 110 Å². The van der Waals surface area contributed by atoms with Crippen molar-refractivity contribution in [2.24, 2.45) is 0 Å². The number of nitrogens with zero attached hydrogens (tertiary/aromatic N) is 1. The van der Waals surface area contributed by atoms with Crippen LogP contribution in [0.3, 0.4) is 0 Å². The first-order valence-corrected chi connectivity index (χ1v) is 13.0. The van der Waals surface area contributed by atoms with E-state index in [9.17, 15) is 9.90 Å². The maximum absolute atomic E-state index is 11.9. The zero-order chi connectivity index (χ0) is 23.0. The Balaban J connectivity index is 3.40. The molecule has 0 aromatic rings. The van der Waals surface area contributed by atoms with Crippen molar-refractivity contribution < 1.29 is 20.1 Å². The fourth-order valence-corrected chi connectivity index (χ4v) is 3.89. The molecular formula is C25H52N2O4. The first kappa shape index (κ1) is 30.3. The van der Waals surface area contributed by atoms with E-state index in [-0.39, 0.29) is 19.1 Å². The molecule has 0 rings (SSSR count). The highest BCUT2D eigenvalue weighted by Gasteiger charge is 2.10. The van der Waals surface area contributed by atoms with Crippen LogP contribution in [0.4, 0.5) is 0 Å². The van der Waals surface area contributed by atoms with Crippen LogP contribution >= 0.6 is 0 Å². The number of amides is 1. The summed E-state index contributed by atoms with van der Waals surface area (Å²) in [5, 5.41) is 30.4. The second-order valence-electron chi connectivity index (χ2n) is 8.91. The van der Waals surface area contributed by atoms with Gasteiger partial charge in [0.2, 0.25) is 5.91 Å². The zero-order valence-corrected chi connectivity index (χ0v) is 20.3. The normalized spacial score (nSPS) is 12.4. The number of nitrogens with one attached hydrogen (secondary N) is 1. The van der Waals surface area contributed by atoms with Gasteiger partial charge in [-0.25, -0.2) is 0 Å². The molecule has 186 valence electrons. The SMILES string of the molecule is CCCCCCCCCCCCCCCCCC(=O)NCCN(CCO)CC(O)CO. The van der Waals surface area contributed by atoms with Crippen molar-refractivity contribution in [3.63, 3.8) is 0 Å². The Morgan fingerprint density at radius 1 is 0.774 bits per heavy atom. The van der Waals surface area contributed by atoms with Crippen LogP contribution in [0.25, 0.3) is 0 Å². The number of aliphatic hydroxyl groups is 3. The van der Waals surface area contributed by atoms with Crippen molar-refractivity contribution in [1.82, 2.24) is 10.2 Å². The summed E-state index contributed by atoms with van der Waals surface area (Å²) in [6, 6.07) is 0. The fraction of sp³-hybridized carbons (Fsp3) is 0.960. The Kier molecular flexibility index (Phi) is 23.4. The largest absolute Gasteiger partial charge is 0.395 e. The van der Waals surface area contributed by atoms with Crippen LogP contribution in [-0.4, -0.2) is 71.6 Å². The summed E-state index contributed by atoms with van der Waals surface area (Å²) in [6.45, 7) is 3.73. The lowest BCUT2D eigenvalue weighted by Gasteiger charge is -2.23. The Labute approximate surface area is 191 Å². The summed E-state index contributed by atoms with van der Waals surface area (Å²) in [4.78, 5) is 13.8. The van der Waals surface area contributed by atoms with Crippen LogP contribution in [-0.2, 0) is 4.79 Å². The molecule has 0 radical (unpaired) electrons. The van der Waals surface area contributed by atoms with Gasteiger partial charge in [0.25, 0.3) is 0 Å². The molecule has 0 spiro atoms. The van der Waals surface area contributed by atoms with E-state index in [0.29, 0.717) is 32.6 Å². The molecule has 0 fully saturated rings. The molecule has 6 nitrogen and oxygen atoms in total. The van der Waals surface area contributed by atoms with Gasteiger partial charge in [-0.1, -0.05) is 96.8 Å². The minimum absolute atomic E-state index is 0.00871. The third-order valence-corrected chi connectivity index (χ3v) is 5.85.